The molecule has 1 aromatic rings. The molecule has 5 nitrogen and oxygen atoms in total. The number of aliphatic imine (C=N–C) groups is 1. The molecular weight excluding hydrogens is 371 g/mol. The van der Waals surface area contributed by atoms with Crippen LogP contribution in [0.15, 0.2) is 23.2 Å². The zero-order valence-corrected chi connectivity index (χ0v) is 17.1. The largest absolute Gasteiger partial charge is 0.379 e. The number of halogens is 2. The fraction of sp³-hybridized carbons (Fsp3) is 0.632. The Hall–Kier alpha value is -1.01. The van der Waals surface area contributed by atoms with Crippen molar-refractivity contribution in [3.8, 4) is 0 Å². The van der Waals surface area contributed by atoms with E-state index in [1.54, 1.807) is 13.1 Å². The summed E-state index contributed by atoms with van der Waals surface area (Å²) < 4.78 is 5.37. The van der Waals surface area contributed by atoms with Crippen molar-refractivity contribution in [2.75, 3.05) is 53.0 Å². The monoisotopic (exact) mass is 400 g/mol. The van der Waals surface area contributed by atoms with Crippen LogP contribution in [0.4, 0.5) is 0 Å². The molecule has 1 fully saturated rings. The van der Waals surface area contributed by atoms with Crippen molar-refractivity contribution in [3.63, 3.8) is 0 Å². The predicted molar refractivity (Wildman–Crippen MR) is 111 cm³/mol. The Morgan fingerprint density at radius 3 is 2.54 bits per heavy atom. The Bertz CT molecular complexity index is 562. The van der Waals surface area contributed by atoms with E-state index in [-0.39, 0.29) is 0 Å². The summed E-state index contributed by atoms with van der Waals surface area (Å²) in [5, 5.41) is 8.14. The molecule has 7 heteroatoms. The van der Waals surface area contributed by atoms with E-state index in [0.29, 0.717) is 5.02 Å². The molecule has 26 heavy (non-hydrogen) atoms. The van der Waals surface area contributed by atoms with Crippen LogP contribution < -0.4 is 10.6 Å². The number of benzene rings is 1. The third-order valence-electron chi connectivity index (χ3n) is 4.45. The number of morpholine rings is 1. The second kappa shape index (κ2) is 12.4. The zero-order valence-electron chi connectivity index (χ0n) is 15.6. The van der Waals surface area contributed by atoms with Crippen LogP contribution in [-0.2, 0) is 11.2 Å². The van der Waals surface area contributed by atoms with E-state index in [1.165, 1.54) is 6.42 Å². The van der Waals surface area contributed by atoms with Crippen LogP contribution in [0.1, 0.15) is 24.8 Å². The summed E-state index contributed by atoms with van der Waals surface area (Å²) in [6.07, 6.45) is 4.23. The summed E-state index contributed by atoms with van der Waals surface area (Å²) in [4.78, 5) is 6.74. The maximum Gasteiger partial charge on any atom is 0.190 e. The van der Waals surface area contributed by atoms with E-state index >= 15 is 0 Å². The molecule has 2 rings (SSSR count). The molecule has 1 aliphatic rings. The molecule has 2 N–H and O–H groups in total. The highest BCUT2D eigenvalue weighted by molar-refractivity contribution is 6.35. The number of hydrogen-bond acceptors (Lipinski definition) is 3. The van der Waals surface area contributed by atoms with Gasteiger partial charge in [-0.15, -0.1) is 0 Å². The Labute approximate surface area is 167 Å². The molecule has 0 aromatic heterocycles. The average Bonchev–Trinajstić information content (AvgIpc) is 2.65. The van der Waals surface area contributed by atoms with E-state index in [9.17, 15) is 0 Å². The highest BCUT2D eigenvalue weighted by Gasteiger charge is 2.09. The van der Waals surface area contributed by atoms with Gasteiger partial charge in [-0.2, -0.15) is 0 Å². The molecule has 0 aliphatic carbocycles. The van der Waals surface area contributed by atoms with Crippen LogP contribution in [0.5, 0.6) is 0 Å². The lowest BCUT2D eigenvalue weighted by atomic mass is 10.1. The van der Waals surface area contributed by atoms with Gasteiger partial charge in [-0.25, -0.2) is 0 Å². The first-order valence-corrected chi connectivity index (χ1v) is 10.1. The molecule has 0 saturated carbocycles. The van der Waals surface area contributed by atoms with Crippen molar-refractivity contribution in [3.05, 3.63) is 33.8 Å². The van der Waals surface area contributed by atoms with Crippen LogP contribution >= 0.6 is 23.2 Å². The van der Waals surface area contributed by atoms with Crippen molar-refractivity contribution in [2.45, 2.75) is 25.7 Å². The smallest absolute Gasteiger partial charge is 0.190 e. The number of nitrogens with zero attached hydrogens (tertiary/aromatic N) is 2. The summed E-state index contributed by atoms with van der Waals surface area (Å²) in [6, 6.07) is 5.67. The van der Waals surface area contributed by atoms with Crippen LogP contribution in [0, 0.1) is 0 Å². The summed E-state index contributed by atoms with van der Waals surface area (Å²) in [5.41, 5.74) is 1.13. The molecule has 0 unspecified atom stereocenters. The van der Waals surface area contributed by atoms with Gasteiger partial charge >= 0.3 is 0 Å². The van der Waals surface area contributed by atoms with Crippen molar-refractivity contribution in [1.82, 2.24) is 15.5 Å². The second-order valence-corrected chi connectivity index (χ2v) is 7.27. The molecule has 146 valence electrons. The third kappa shape index (κ3) is 8.12. The van der Waals surface area contributed by atoms with Crippen LogP contribution in [0.25, 0.3) is 0 Å². The van der Waals surface area contributed by atoms with Crippen molar-refractivity contribution < 1.29 is 4.74 Å². The number of hydrogen-bond donors (Lipinski definition) is 2. The van der Waals surface area contributed by atoms with E-state index < -0.39 is 0 Å². The summed E-state index contributed by atoms with van der Waals surface area (Å²) >= 11 is 12.1. The number of aryl methyl sites for hydroxylation is 1. The van der Waals surface area contributed by atoms with Gasteiger partial charge in [-0.1, -0.05) is 29.3 Å². The molecule has 1 aromatic carbocycles. The first-order chi connectivity index (χ1) is 12.7. The topological polar surface area (TPSA) is 48.9 Å². The third-order valence-corrected chi connectivity index (χ3v) is 5.04. The van der Waals surface area contributed by atoms with Gasteiger partial charge < -0.3 is 15.4 Å². The lowest BCUT2D eigenvalue weighted by Gasteiger charge is -2.26. The molecule has 0 spiro atoms. The minimum atomic E-state index is 0.676. The lowest BCUT2D eigenvalue weighted by Crippen LogP contribution is -2.39. The first kappa shape index (κ1) is 21.3. The van der Waals surface area contributed by atoms with E-state index in [0.717, 1.165) is 81.7 Å². The standard InChI is InChI=1S/C19H30Cl2N4O/c1-22-19(23-8-2-3-10-25-11-13-26-14-12-25)24-9-4-5-16-6-7-17(20)15-18(16)21/h6-7,15H,2-5,8-14H2,1H3,(H2,22,23,24). The lowest BCUT2D eigenvalue weighted by molar-refractivity contribution is 0.0372. The van der Waals surface area contributed by atoms with E-state index in [1.807, 2.05) is 12.1 Å². The Balaban J connectivity index is 1.53. The van der Waals surface area contributed by atoms with Crippen LogP contribution in [-0.4, -0.2) is 63.8 Å². The molecule has 0 amide bonds. The van der Waals surface area contributed by atoms with Crippen LogP contribution in [0.2, 0.25) is 10.0 Å². The maximum atomic E-state index is 6.20. The van der Waals surface area contributed by atoms with Crippen molar-refractivity contribution in [1.29, 1.82) is 0 Å². The molecule has 1 saturated heterocycles. The summed E-state index contributed by atoms with van der Waals surface area (Å²) in [7, 11) is 1.80. The van der Waals surface area contributed by atoms with Gasteiger partial charge in [0.25, 0.3) is 0 Å². The van der Waals surface area contributed by atoms with E-state index in [4.69, 9.17) is 27.9 Å². The van der Waals surface area contributed by atoms with Crippen molar-refractivity contribution >= 4 is 29.2 Å². The molecule has 1 heterocycles. The quantitative estimate of drug-likeness (QED) is 0.379. The molecule has 1 aliphatic heterocycles. The van der Waals surface area contributed by atoms with E-state index in [2.05, 4.69) is 20.5 Å². The van der Waals surface area contributed by atoms with Crippen LogP contribution in [0.3, 0.4) is 0 Å². The van der Waals surface area contributed by atoms with Gasteiger partial charge in [0.1, 0.15) is 0 Å². The van der Waals surface area contributed by atoms with Gasteiger partial charge in [-0.05, 0) is 49.9 Å². The molecular formula is C19H30Cl2N4O. The maximum absolute atomic E-state index is 6.20. The fourth-order valence-corrected chi connectivity index (χ4v) is 3.43. The highest BCUT2D eigenvalue weighted by atomic mass is 35.5. The number of nitrogens with one attached hydrogen (secondary N) is 2. The highest BCUT2D eigenvalue weighted by Crippen LogP contribution is 2.21. The number of ether oxygens (including phenoxy) is 1. The Morgan fingerprint density at radius 1 is 1.12 bits per heavy atom. The van der Waals surface area contributed by atoms with Gasteiger partial charge in [-0.3, -0.25) is 9.89 Å². The second-order valence-electron chi connectivity index (χ2n) is 6.43. The van der Waals surface area contributed by atoms with Gasteiger partial charge in [0.2, 0.25) is 0 Å². The number of rotatable bonds is 9. The van der Waals surface area contributed by atoms with Gasteiger partial charge in [0.05, 0.1) is 13.2 Å². The van der Waals surface area contributed by atoms with Gasteiger partial charge in [0.15, 0.2) is 5.96 Å². The number of guanidine groups is 1. The Morgan fingerprint density at radius 2 is 1.85 bits per heavy atom. The minimum Gasteiger partial charge on any atom is -0.379 e. The van der Waals surface area contributed by atoms with Gasteiger partial charge in [0, 0.05) is 43.3 Å². The van der Waals surface area contributed by atoms with Crippen molar-refractivity contribution in [2.24, 2.45) is 4.99 Å². The average molecular weight is 401 g/mol. The SMILES string of the molecule is CN=C(NCCCCN1CCOCC1)NCCCc1ccc(Cl)cc1Cl. The Kier molecular flexibility index (Phi) is 10.1. The fourth-order valence-electron chi connectivity index (χ4n) is 2.92. The predicted octanol–water partition coefficient (Wildman–Crippen LogP) is 3.20. The molecule has 0 bridgehead atoms. The number of unbranched alkanes of at least 4 members (excludes halogenated alkanes) is 1. The first-order valence-electron chi connectivity index (χ1n) is 9.37. The molecule has 0 radical (unpaired) electrons. The molecule has 0 atom stereocenters. The minimum absolute atomic E-state index is 0.676. The summed E-state index contributed by atoms with van der Waals surface area (Å²) in [6.45, 7) is 6.81. The normalized spacial score (nSPS) is 15.9. The summed E-state index contributed by atoms with van der Waals surface area (Å²) in [5.74, 6) is 0.860. The zero-order chi connectivity index (χ0) is 18.6.